The smallest absolute Gasteiger partial charge is 0.270 e. The van der Waals surface area contributed by atoms with Gasteiger partial charge in [-0.05, 0) is 28.7 Å². The van der Waals surface area contributed by atoms with Crippen molar-refractivity contribution in [2.75, 3.05) is 43.0 Å². The third kappa shape index (κ3) is 4.50. The molecule has 1 saturated heterocycles. The zero-order valence-corrected chi connectivity index (χ0v) is 13.4. The average Bonchev–Trinajstić information content (AvgIpc) is 2.41. The van der Waals surface area contributed by atoms with Crippen molar-refractivity contribution < 1.29 is 4.92 Å². The number of hydrogen-bond donors (Lipinski definition) is 1. The van der Waals surface area contributed by atoms with Crippen LogP contribution in [-0.4, -0.2) is 47.5 Å². The third-order valence-corrected chi connectivity index (χ3v) is 4.85. The van der Waals surface area contributed by atoms with Gasteiger partial charge in [-0.3, -0.25) is 15.0 Å². The lowest BCUT2D eigenvalue weighted by Crippen LogP contribution is -2.36. The van der Waals surface area contributed by atoms with Gasteiger partial charge in [0, 0.05) is 59.1 Å². The van der Waals surface area contributed by atoms with Gasteiger partial charge in [0.25, 0.3) is 5.69 Å². The van der Waals surface area contributed by atoms with Gasteiger partial charge in [-0.2, -0.15) is 11.8 Å². The van der Waals surface area contributed by atoms with Gasteiger partial charge in [0.05, 0.1) is 4.92 Å². The molecule has 0 spiro atoms. The molecule has 0 aromatic heterocycles. The fourth-order valence-corrected chi connectivity index (χ4v) is 3.60. The Morgan fingerprint density at radius 1 is 1.42 bits per heavy atom. The minimum absolute atomic E-state index is 0.142. The van der Waals surface area contributed by atoms with Crippen LogP contribution in [0, 0.1) is 13.7 Å². The molecule has 1 aliphatic heterocycles. The van der Waals surface area contributed by atoms with Gasteiger partial charge in [0.2, 0.25) is 0 Å². The molecular formula is C12H16IN3O2S. The van der Waals surface area contributed by atoms with Gasteiger partial charge in [-0.1, -0.05) is 0 Å². The summed E-state index contributed by atoms with van der Waals surface area (Å²) in [7, 11) is 0. The molecule has 1 heterocycles. The van der Waals surface area contributed by atoms with Gasteiger partial charge < -0.3 is 5.32 Å². The number of halogens is 1. The number of rotatable bonds is 5. The van der Waals surface area contributed by atoms with E-state index in [0.717, 1.165) is 35.4 Å². The number of non-ortho nitro benzene ring substituents is 1. The summed E-state index contributed by atoms with van der Waals surface area (Å²) in [6, 6.07) is 4.93. The first-order valence-electron chi connectivity index (χ1n) is 6.15. The minimum Gasteiger partial charge on any atom is -0.383 e. The van der Waals surface area contributed by atoms with Gasteiger partial charge in [0.1, 0.15) is 0 Å². The molecule has 0 saturated carbocycles. The maximum Gasteiger partial charge on any atom is 0.270 e. The normalized spacial score (nSPS) is 16.3. The molecule has 0 unspecified atom stereocenters. The molecule has 0 aliphatic carbocycles. The summed E-state index contributed by atoms with van der Waals surface area (Å²) in [6.07, 6.45) is 0. The van der Waals surface area contributed by atoms with E-state index in [-0.39, 0.29) is 10.6 Å². The average molecular weight is 393 g/mol. The van der Waals surface area contributed by atoms with Crippen LogP contribution in [0.3, 0.4) is 0 Å². The highest BCUT2D eigenvalue weighted by atomic mass is 127. The van der Waals surface area contributed by atoms with Crippen LogP contribution in [0.4, 0.5) is 11.4 Å². The standard InChI is InChI=1S/C12H16IN3O2S/c13-11-9-10(16(17)18)1-2-12(11)14-3-4-15-5-7-19-8-6-15/h1-2,9,14H,3-8H2. The van der Waals surface area contributed by atoms with Gasteiger partial charge in [-0.25, -0.2) is 0 Å². The van der Waals surface area contributed by atoms with E-state index >= 15 is 0 Å². The van der Waals surface area contributed by atoms with Crippen molar-refractivity contribution in [3.05, 3.63) is 31.9 Å². The maximum atomic E-state index is 10.7. The summed E-state index contributed by atoms with van der Waals surface area (Å²) in [6.45, 7) is 4.21. The van der Waals surface area contributed by atoms with Crippen LogP contribution in [0.2, 0.25) is 0 Å². The van der Waals surface area contributed by atoms with Crippen LogP contribution in [0.25, 0.3) is 0 Å². The van der Waals surface area contributed by atoms with Crippen molar-refractivity contribution >= 4 is 45.7 Å². The summed E-state index contributed by atoms with van der Waals surface area (Å²) in [5.41, 5.74) is 1.11. The van der Waals surface area contributed by atoms with Gasteiger partial charge >= 0.3 is 0 Å². The maximum absolute atomic E-state index is 10.7. The number of nitrogens with one attached hydrogen (secondary N) is 1. The molecule has 7 heteroatoms. The third-order valence-electron chi connectivity index (χ3n) is 3.01. The SMILES string of the molecule is O=[N+]([O-])c1ccc(NCCN2CCSCC2)c(I)c1. The second kappa shape index (κ2) is 7.30. The van der Waals surface area contributed by atoms with Crippen LogP contribution in [0.15, 0.2) is 18.2 Å². The van der Waals surface area contributed by atoms with Gasteiger partial charge in [-0.15, -0.1) is 0 Å². The Bertz CT molecular complexity index is 453. The molecule has 0 bridgehead atoms. The zero-order chi connectivity index (χ0) is 13.7. The minimum atomic E-state index is -0.364. The Labute approximate surface area is 130 Å². The largest absolute Gasteiger partial charge is 0.383 e. The lowest BCUT2D eigenvalue weighted by Gasteiger charge is -2.26. The monoisotopic (exact) mass is 393 g/mol. The Balaban J connectivity index is 1.83. The lowest BCUT2D eigenvalue weighted by molar-refractivity contribution is -0.384. The molecule has 0 radical (unpaired) electrons. The molecule has 1 fully saturated rings. The summed E-state index contributed by atoms with van der Waals surface area (Å²) in [4.78, 5) is 12.7. The quantitative estimate of drug-likeness (QED) is 0.474. The summed E-state index contributed by atoms with van der Waals surface area (Å²) in [5, 5.41) is 14.0. The Morgan fingerprint density at radius 2 is 2.16 bits per heavy atom. The number of nitro groups is 1. The van der Waals surface area contributed by atoms with E-state index in [0.29, 0.717) is 0 Å². The van der Waals surface area contributed by atoms with Crippen LogP contribution < -0.4 is 5.32 Å². The van der Waals surface area contributed by atoms with E-state index in [1.165, 1.54) is 11.5 Å². The van der Waals surface area contributed by atoms with Crippen molar-refractivity contribution in [1.82, 2.24) is 4.90 Å². The Hall–Kier alpha value is -0.540. The van der Waals surface area contributed by atoms with E-state index in [2.05, 4.69) is 32.8 Å². The Kier molecular flexibility index (Phi) is 5.71. The second-order valence-corrected chi connectivity index (χ2v) is 6.69. The van der Waals surface area contributed by atoms with E-state index in [4.69, 9.17) is 0 Å². The van der Waals surface area contributed by atoms with E-state index in [1.807, 2.05) is 11.8 Å². The molecule has 5 nitrogen and oxygen atoms in total. The van der Waals surface area contributed by atoms with Crippen LogP contribution >= 0.6 is 34.4 Å². The molecule has 0 amide bonds. The molecule has 1 aromatic rings. The van der Waals surface area contributed by atoms with Crippen molar-refractivity contribution in [2.24, 2.45) is 0 Å². The highest BCUT2D eigenvalue weighted by molar-refractivity contribution is 14.1. The number of benzene rings is 1. The van der Waals surface area contributed by atoms with Crippen molar-refractivity contribution in [1.29, 1.82) is 0 Å². The van der Waals surface area contributed by atoms with E-state index in [9.17, 15) is 10.1 Å². The Morgan fingerprint density at radius 3 is 2.79 bits per heavy atom. The van der Waals surface area contributed by atoms with Crippen molar-refractivity contribution in [2.45, 2.75) is 0 Å². The molecule has 19 heavy (non-hydrogen) atoms. The number of nitro benzene ring substituents is 1. The van der Waals surface area contributed by atoms with Crippen LogP contribution in [-0.2, 0) is 0 Å². The fourth-order valence-electron chi connectivity index (χ4n) is 1.93. The van der Waals surface area contributed by atoms with E-state index in [1.54, 1.807) is 18.2 Å². The van der Waals surface area contributed by atoms with E-state index < -0.39 is 0 Å². The predicted octanol–water partition coefficient (Wildman–Crippen LogP) is 2.66. The van der Waals surface area contributed by atoms with Crippen LogP contribution in [0.5, 0.6) is 0 Å². The number of anilines is 1. The first kappa shape index (κ1) is 14.9. The first-order chi connectivity index (χ1) is 9.16. The molecular weight excluding hydrogens is 377 g/mol. The summed E-state index contributed by atoms with van der Waals surface area (Å²) in [5.74, 6) is 2.43. The van der Waals surface area contributed by atoms with Gasteiger partial charge in [0.15, 0.2) is 0 Å². The summed E-state index contributed by atoms with van der Waals surface area (Å²) >= 11 is 4.14. The lowest BCUT2D eigenvalue weighted by atomic mass is 10.3. The highest BCUT2D eigenvalue weighted by Crippen LogP contribution is 2.23. The fraction of sp³-hybridized carbons (Fsp3) is 0.500. The molecule has 1 aliphatic rings. The number of nitrogens with zero attached hydrogens (tertiary/aromatic N) is 2. The number of hydrogen-bond acceptors (Lipinski definition) is 5. The molecule has 2 rings (SSSR count). The predicted molar refractivity (Wildman–Crippen MR) is 88.1 cm³/mol. The topological polar surface area (TPSA) is 58.4 Å². The molecule has 0 atom stereocenters. The first-order valence-corrected chi connectivity index (χ1v) is 8.38. The molecule has 104 valence electrons. The molecule has 1 aromatic carbocycles. The van der Waals surface area contributed by atoms with Crippen molar-refractivity contribution in [3.8, 4) is 0 Å². The summed E-state index contributed by atoms with van der Waals surface area (Å²) < 4.78 is 0.890. The van der Waals surface area contributed by atoms with Crippen molar-refractivity contribution in [3.63, 3.8) is 0 Å². The number of thioether (sulfide) groups is 1. The zero-order valence-electron chi connectivity index (χ0n) is 10.5. The molecule has 1 N–H and O–H groups in total. The van der Waals surface area contributed by atoms with Crippen LogP contribution in [0.1, 0.15) is 0 Å². The second-order valence-electron chi connectivity index (χ2n) is 4.30. The highest BCUT2D eigenvalue weighted by Gasteiger charge is 2.11.